The molecule has 0 aromatic heterocycles. The van der Waals surface area contributed by atoms with E-state index in [2.05, 4.69) is 39.0 Å². The summed E-state index contributed by atoms with van der Waals surface area (Å²) in [6.45, 7) is 6.44. The minimum Gasteiger partial charge on any atom is -0.0776 e. The van der Waals surface area contributed by atoms with Gasteiger partial charge in [0.15, 0.2) is 0 Å². The molecule has 1 aromatic carbocycles. The molecule has 0 saturated carbocycles. The average molecular weight is 152 g/mol. The molecule has 0 heteroatoms. The van der Waals surface area contributed by atoms with Gasteiger partial charge in [-0.1, -0.05) is 33.1 Å². The van der Waals surface area contributed by atoms with Crippen molar-refractivity contribution in [3.8, 4) is 0 Å². The largest absolute Gasteiger partial charge is 0.0776 e. The van der Waals surface area contributed by atoms with Gasteiger partial charge in [-0.15, -0.1) is 0 Å². The van der Waals surface area contributed by atoms with Crippen molar-refractivity contribution in [1.82, 2.24) is 0 Å². The summed E-state index contributed by atoms with van der Waals surface area (Å²) in [4.78, 5) is 0. The molecule has 64 valence electrons. The van der Waals surface area contributed by atoms with Crippen molar-refractivity contribution in [2.75, 3.05) is 0 Å². The highest BCUT2D eigenvalue weighted by molar-refractivity contribution is 5.31. The molecule has 11 heavy (non-hydrogen) atoms. The molecule has 0 aliphatic heterocycles. The summed E-state index contributed by atoms with van der Waals surface area (Å²) in [6.07, 6.45) is 0. The Morgan fingerprint density at radius 2 is 1.18 bits per heavy atom. The number of hydrogen-bond acceptors (Lipinski definition) is 0. The third-order valence-electron chi connectivity index (χ3n) is 1.88. The molecule has 0 nitrogen and oxygen atoms in total. The molecule has 0 spiro atoms. The molecule has 0 heterocycles. The van der Waals surface area contributed by atoms with E-state index in [0.29, 0.717) is 0 Å². The van der Waals surface area contributed by atoms with Gasteiger partial charge in [-0.2, -0.15) is 0 Å². The Morgan fingerprint density at radius 1 is 0.818 bits per heavy atom. The van der Waals surface area contributed by atoms with Crippen molar-refractivity contribution in [3.05, 3.63) is 34.9 Å². The second-order valence-corrected chi connectivity index (χ2v) is 2.52. The van der Waals surface area contributed by atoms with Gasteiger partial charge < -0.3 is 0 Å². The standard InChI is InChI=1S/C9H12.2CH4/c1-7-5-4-6-8(2)9(7)3;;/h4-6H,1-3H3;2*1H4. The van der Waals surface area contributed by atoms with Crippen LogP contribution < -0.4 is 0 Å². The normalized spacial score (nSPS) is 7.91. The summed E-state index contributed by atoms with van der Waals surface area (Å²) in [6, 6.07) is 6.38. The van der Waals surface area contributed by atoms with E-state index in [1.54, 1.807) is 0 Å². The zero-order valence-electron chi connectivity index (χ0n) is 6.23. The second kappa shape index (κ2) is 4.95. The maximum Gasteiger partial charge on any atom is -0.0392 e. The van der Waals surface area contributed by atoms with Gasteiger partial charge in [-0.05, 0) is 37.5 Å². The zero-order valence-corrected chi connectivity index (χ0v) is 6.23. The van der Waals surface area contributed by atoms with Crippen LogP contribution in [0.5, 0.6) is 0 Å². The van der Waals surface area contributed by atoms with Crippen LogP contribution >= 0.6 is 0 Å². The smallest absolute Gasteiger partial charge is 0.0392 e. The van der Waals surface area contributed by atoms with Crippen LogP contribution in [0.3, 0.4) is 0 Å². The maximum atomic E-state index is 2.16. The van der Waals surface area contributed by atoms with E-state index in [4.69, 9.17) is 0 Å². The van der Waals surface area contributed by atoms with Crippen LogP contribution in [0.25, 0.3) is 0 Å². The first-order chi connectivity index (χ1) is 4.22. The first kappa shape index (κ1) is 12.9. The van der Waals surface area contributed by atoms with Gasteiger partial charge in [0.1, 0.15) is 0 Å². The molecule has 0 unspecified atom stereocenters. The molecule has 0 fully saturated rings. The number of benzene rings is 1. The third kappa shape index (κ3) is 2.75. The highest BCUT2D eigenvalue weighted by Crippen LogP contribution is 2.09. The Labute approximate surface area is 71.3 Å². The van der Waals surface area contributed by atoms with E-state index in [-0.39, 0.29) is 14.9 Å². The lowest BCUT2D eigenvalue weighted by Crippen LogP contribution is -1.82. The predicted octanol–water partition coefficient (Wildman–Crippen LogP) is 3.88. The van der Waals surface area contributed by atoms with Crippen LogP contribution in [0, 0.1) is 20.8 Å². The highest BCUT2D eigenvalue weighted by Gasteiger charge is 1.91. The lowest BCUT2D eigenvalue weighted by Gasteiger charge is -2.00. The van der Waals surface area contributed by atoms with Crippen LogP contribution in [0.1, 0.15) is 31.5 Å². The Bertz CT molecular complexity index is 191. The van der Waals surface area contributed by atoms with Crippen LogP contribution in [-0.2, 0) is 0 Å². The third-order valence-corrected chi connectivity index (χ3v) is 1.88. The minimum absolute atomic E-state index is 0. The molecule has 0 aliphatic rings. The summed E-state index contributed by atoms with van der Waals surface area (Å²) in [5.74, 6) is 0. The quantitative estimate of drug-likeness (QED) is 0.529. The molecule has 1 rings (SSSR count). The average Bonchev–Trinajstić information content (AvgIpc) is 1.83. The van der Waals surface area contributed by atoms with E-state index < -0.39 is 0 Å². The molecule has 0 bridgehead atoms. The molecule has 0 N–H and O–H groups in total. The lowest BCUT2D eigenvalue weighted by molar-refractivity contribution is 1.27. The summed E-state index contributed by atoms with van der Waals surface area (Å²) in [7, 11) is 0. The summed E-state index contributed by atoms with van der Waals surface area (Å²) >= 11 is 0. The predicted molar refractivity (Wildman–Crippen MR) is 54.1 cm³/mol. The maximum absolute atomic E-state index is 2.16. The van der Waals surface area contributed by atoms with Gasteiger partial charge in [0, 0.05) is 0 Å². The van der Waals surface area contributed by atoms with Gasteiger partial charge in [0.2, 0.25) is 0 Å². The molecular weight excluding hydrogens is 132 g/mol. The number of hydrogen-bond donors (Lipinski definition) is 0. The van der Waals surface area contributed by atoms with Gasteiger partial charge in [0.25, 0.3) is 0 Å². The van der Waals surface area contributed by atoms with Crippen molar-refractivity contribution >= 4 is 0 Å². The van der Waals surface area contributed by atoms with Gasteiger partial charge in [0.05, 0.1) is 0 Å². The zero-order chi connectivity index (χ0) is 6.85. The van der Waals surface area contributed by atoms with E-state index in [9.17, 15) is 0 Å². The van der Waals surface area contributed by atoms with E-state index >= 15 is 0 Å². The van der Waals surface area contributed by atoms with Crippen LogP contribution in [0.4, 0.5) is 0 Å². The summed E-state index contributed by atoms with van der Waals surface area (Å²) in [5, 5.41) is 0. The van der Waals surface area contributed by atoms with E-state index in [0.717, 1.165) is 0 Å². The lowest BCUT2D eigenvalue weighted by atomic mass is 10.1. The molecule has 0 saturated heterocycles. The fourth-order valence-corrected chi connectivity index (χ4v) is 0.898. The summed E-state index contributed by atoms with van der Waals surface area (Å²) < 4.78 is 0. The first-order valence-corrected chi connectivity index (χ1v) is 3.24. The molecule has 1 aromatic rings. The van der Waals surface area contributed by atoms with Crippen molar-refractivity contribution in [2.45, 2.75) is 35.6 Å². The minimum atomic E-state index is 0. The topological polar surface area (TPSA) is 0 Å². The highest BCUT2D eigenvalue weighted by atomic mass is 14.0. The fraction of sp³-hybridized carbons (Fsp3) is 0.455. The monoisotopic (exact) mass is 152 g/mol. The first-order valence-electron chi connectivity index (χ1n) is 3.24. The SMILES string of the molecule is C.C.Cc1cccc(C)c1C. The molecule has 0 amide bonds. The molecule has 0 atom stereocenters. The van der Waals surface area contributed by atoms with Crippen molar-refractivity contribution in [1.29, 1.82) is 0 Å². The van der Waals surface area contributed by atoms with Crippen molar-refractivity contribution in [3.63, 3.8) is 0 Å². The molecular formula is C11H20. The Kier molecular flexibility index (Phi) is 5.78. The molecule has 0 aliphatic carbocycles. The Balaban J connectivity index is 0. The van der Waals surface area contributed by atoms with Crippen LogP contribution in [0.15, 0.2) is 18.2 Å². The van der Waals surface area contributed by atoms with Crippen LogP contribution in [0.2, 0.25) is 0 Å². The van der Waals surface area contributed by atoms with Crippen molar-refractivity contribution < 1.29 is 0 Å². The number of aryl methyl sites for hydroxylation is 2. The van der Waals surface area contributed by atoms with Crippen molar-refractivity contribution in [2.24, 2.45) is 0 Å². The fourth-order valence-electron chi connectivity index (χ4n) is 0.898. The summed E-state index contributed by atoms with van der Waals surface area (Å²) in [5.41, 5.74) is 4.18. The van der Waals surface area contributed by atoms with Gasteiger partial charge >= 0.3 is 0 Å². The van der Waals surface area contributed by atoms with E-state index in [1.807, 2.05) is 0 Å². The van der Waals surface area contributed by atoms with Crippen LogP contribution in [-0.4, -0.2) is 0 Å². The molecule has 0 radical (unpaired) electrons. The van der Waals surface area contributed by atoms with Gasteiger partial charge in [-0.3, -0.25) is 0 Å². The Hall–Kier alpha value is -0.780. The van der Waals surface area contributed by atoms with E-state index in [1.165, 1.54) is 16.7 Å². The van der Waals surface area contributed by atoms with Gasteiger partial charge in [-0.25, -0.2) is 0 Å². The second-order valence-electron chi connectivity index (χ2n) is 2.52. The Morgan fingerprint density at radius 3 is 1.45 bits per heavy atom. The number of rotatable bonds is 0.